The maximum Gasteiger partial charge on any atom is 0.306 e. The first-order valence-electron chi connectivity index (χ1n) is 31.1. The van der Waals surface area contributed by atoms with Crippen molar-refractivity contribution in [2.75, 3.05) is 13.2 Å². The SMILES string of the molecule is CC/C=C\C/C=C\C/C=C\C/C=C\C/C=C\C/C=C\CCCCCCCCCCCCCCCCCCC(=O)OC(CO)COC(=O)CCCCCCCCCCCCCC/C=C\C/C=C\C/C=C\C/C=C\CC. The van der Waals surface area contributed by atoms with Gasteiger partial charge in [-0.05, 0) is 103 Å². The summed E-state index contributed by atoms with van der Waals surface area (Å²) in [5.74, 6) is -0.589. The Kier molecular flexibility index (Phi) is 60.4. The Morgan fingerprint density at radius 1 is 0.311 bits per heavy atom. The van der Waals surface area contributed by atoms with Gasteiger partial charge in [0.1, 0.15) is 6.61 Å². The zero-order chi connectivity index (χ0) is 53.4. The Labute approximate surface area is 458 Å². The van der Waals surface area contributed by atoms with E-state index in [1.807, 2.05) is 0 Å². The minimum atomic E-state index is -0.780. The summed E-state index contributed by atoms with van der Waals surface area (Å²) in [4.78, 5) is 24.6. The van der Waals surface area contributed by atoms with Crippen LogP contribution in [0.1, 0.15) is 284 Å². The van der Waals surface area contributed by atoms with Gasteiger partial charge in [0.2, 0.25) is 0 Å². The van der Waals surface area contributed by atoms with E-state index in [9.17, 15) is 14.7 Å². The van der Waals surface area contributed by atoms with Gasteiger partial charge in [-0.2, -0.15) is 0 Å². The Bertz CT molecular complexity index is 1490. The summed E-state index contributed by atoms with van der Waals surface area (Å²) >= 11 is 0. The molecule has 1 unspecified atom stereocenters. The molecule has 74 heavy (non-hydrogen) atoms. The summed E-state index contributed by atoms with van der Waals surface area (Å²) in [6, 6.07) is 0. The zero-order valence-corrected chi connectivity index (χ0v) is 48.3. The van der Waals surface area contributed by atoms with Gasteiger partial charge in [-0.25, -0.2) is 0 Å². The maximum absolute atomic E-state index is 12.3. The number of unbranched alkanes of at least 4 members (excludes halogenated alkanes) is 28. The van der Waals surface area contributed by atoms with Crippen LogP contribution in [-0.4, -0.2) is 36.4 Å². The molecule has 1 N–H and O–H groups in total. The average Bonchev–Trinajstić information content (AvgIpc) is 3.40. The van der Waals surface area contributed by atoms with E-state index in [4.69, 9.17) is 9.47 Å². The number of hydrogen-bond acceptors (Lipinski definition) is 5. The number of hydrogen-bond donors (Lipinski definition) is 1. The highest BCUT2D eigenvalue weighted by Crippen LogP contribution is 2.16. The third kappa shape index (κ3) is 60.9. The predicted molar refractivity (Wildman–Crippen MR) is 325 cm³/mol. The molecule has 0 aliphatic heterocycles. The molecule has 0 aliphatic carbocycles. The highest BCUT2D eigenvalue weighted by Gasteiger charge is 2.16. The van der Waals surface area contributed by atoms with Crippen molar-refractivity contribution in [1.82, 2.24) is 0 Å². The van der Waals surface area contributed by atoms with Crippen molar-refractivity contribution in [2.45, 2.75) is 290 Å². The molecule has 0 saturated carbocycles. The number of allylic oxidation sites excluding steroid dienone is 20. The van der Waals surface area contributed by atoms with Crippen molar-refractivity contribution < 1.29 is 24.2 Å². The van der Waals surface area contributed by atoms with Crippen molar-refractivity contribution in [3.8, 4) is 0 Å². The van der Waals surface area contributed by atoms with Crippen molar-refractivity contribution in [2.24, 2.45) is 0 Å². The van der Waals surface area contributed by atoms with Crippen molar-refractivity contribution in [3.05, 3.63) is 122 Å². The van der Waals surface area contributed by atoms with Crippen LogP contribution in [0.4, 0.5) is 0 Å². The Hall–Kier alpha value is -3.70. The van der Waals surface area contributed by atoms with Crippen LogP contribution < -0.4 is 0 Å². The summed E-state index contributed by atoms with van der Waals surface area (Å²) in [6.45, 7) is 3.93. The van der Waals surface area contributed by atoms with Crippen molar-refractivity contribution in [3.63, 3.8) is 0 Å². The van der Waals surface area contributed by atoms with Crippen LogP contribution >= 0.6 is 0 Å². The number of aliphatic hydroxyl groups excluding tert-OH is 1. The quantitative estimate of drug-likeness (QED) is 0.0373. The second-order valence-corrected chi connectivity index (χ2v) is 20.4. The van der Waals surface area contributed by atoms with E-state index in [1.165, 1.54) is 154 Å². The normalized spacial score (nSPS) is 13.1. The minimum Gasteiger partial charge on any atom is -0.462 e. The fourth-order valence-electron chi connectivity index (χ4n) is 8.67. The van der Waals surface area contributed by atoms with Gasteiger partial charge in [0.25, 0.3) is 0 Å². The van der Waals surface area contributed by atoms with E-state index in [0.29, 0.717) is 12.8 Å². The van der Waals surface area contributed by atoms with Gasteiger partial charge >= 0.3 is 11.9 Å². The number of rotatable bonds is 56. The predicted octanol–water partition coefficient (Wildman–Crippen LogP) is 21.4. The number of esters is 2. The first-order chi connectivity index (χ1) is 36.6. The molecule has 0 saturated heterocycles. The van der Waals surface area contributed by atoms with E-state index in [0.717, 1.165) is 103 Å². The van der Waals surface area contributed by atoms with E-state index < -0.39 is 6.10 Å². The lowest BCUT2D eigenvalue weighted by Crippen LogP contribution is -2.28. The lowest BCUT2D eigenvalue weighted by molar-refractivity contribution is -0.161. The number of carbonyl (C=O) groups excluding carboxylic acids is 2. The fraction of sp³-hybridized carbons (Fsp3) is 0.681. The fourth-order valence-corrected chi connectivity index (χ4v) is 8.67. The van der Waals surface area contributed by atoms with Gasteiger partial charge in [-0.1, -0.05) is 289 Å². The van der Waals surface area contributed by atoms with Gasteiger partial charge in [-0.3, -0.25) is 9.59 Å². The second-order valence-electron chi connectivity index (χ2n) is 20.4. The molecule has 5 nitrogen and oxygen atoms in total. The molecule has 422 valence electrons. The average molecular weight is 1030 g/mol. The number of carbonyl (C=O) groups is 2. The van der Waals surface area contributed by atoms with Gasteiger partial charge in [-0.15, -0.1) is 0 Å². The largest absolute Gasteiger partial charge is 0.462 e. The van der Waals surface area contributed by atoms with Gasteiger partial charge in [0.15, 0.2) is 6.10 Å². The number of ether oxygens (including phenoxy) is 2. The van der Waals surface area contributed by atoms with Crippen LogP contribution in [0.15, 0.2) is 122 Å². The van der Waals surface area contributed by atoms with E-state index in [1.54, 1.807) is 0 Å². The van der Waals surface area contributed by atoms with Crippen LogP contribution in [0, 0.1) is 0 Å². The molecular weight excluding hydrogens is 909 g/mol. The summed E-state index contributed by atoms with van der Waals surface area (Å²) < 4.78 is 10.7. The van der Waals surface area contributed by atoms with Gasteiger partial charge in [0.05, 0.1) is 6.61 Å². The van der Waals surface area contributed by atoms with Crippen LogP contribution in [0.25, 0.3) is 0 Å². The van der Waals surface area contributed by atoms with Crippen LogP contribution in [0.2, 0.25) is 0 Å². The highest BCUT2D eigenvalue weighted by atomic mass is 16.6. The summed E-state index contributed by atoms with van der Waals surface area (Å²) in [5, 5.41) is 9.68. The molecule has 0 spiro atoms. The summed E-state index contributed by atoms with van der Waals surface area (Å²) in [5.41, 5.74) is 0. The standard InChI is InChI=1S/C69H116O5/c1-3-5-7-9-11-13-15-17-19-21-23-25-27-29-30-31-32-33-34-35-36-37-38-40-42-44-46-48-50-52-54-56-58-60-62-64-69(72)74-67(65-70)66-73-68(71)63-61-59-57-55-53-51-49-47-45-43-41-39-28-26-24-22-20-18-16-14-12-10-8-6-4-2/h5-8,11-14,17-20,23-26,29-30,32-33,67,70H,3-4,9-10,15-16,21-22,27-28,31,34-66H2,1-2H3/b7-5-,8-6-,13-11-,14-12-,19-17-,20-18-,25-23-,26-24-,30-29-,33-32-. The van der Waals surface area contributed by atoms with Crippen molar-refractivity contribution in [1.29, 1.82) is 0 Å². The summed E-state index contributed by atoms with van der Waals surface area (Å²) in [6.07, 6.45) is 93.3. The molecule has 5 heteroatoms. The Morgan fingerprint density at radius 2 is 0.541 bits per heavy atom. The molecule has 1 atom stereocenters. The van der Waals surface area contributed by atoms with Crippen LogP contribution in [-0.2, 0) is 19.1 Å². The van der Waals surface area contributed by atoms with Crippen molar-refractivity contribution >= 4 is 11.9 Å². The molecule has 0 radical (unpaired) electrons. The molecule has 0 heterocycles. The smallest absolute Gasteiger partial charge is 0.306 e. The van der Waals surface area contributed by atoms with Crippen LogP contribution in [0.5, 0.6) is 0 Å². The van der Waals surface area contributed by atoms with E-state index in [2.05, 4.69) is 135 Å². The molecule has 0 amide bonds. The van der Waals surface area contributed by atoms with Gasteiger partial charge in [0, 0.05) is 12.8 Å². The van der Waals surface area contributed by atoms with Crippen LogP contribution in [0.3, 0.4) is 0 Å². The van der Waals surface area contributed by atoms with E-state index in [-0.39, 0.29) is 25.2 Å². The molecular formula is C69H116O5. The molecule has 0 fully saturated rings. The lowest BCUT2D eigenvalue weighted by atomic mass is 10.0. The van der Waals surface area contributed by atoms with E-state index >= 15 is 0 Å². The monoisotopic (exact) mass is 1020 g/mol. The lowest BCUT2D eigenvalue weighted by Gasteiger charge is -2.15. The molecule has 0 aromatic carbocycles. The third-order valence-corrected chi connectivity index (χ3v) is 13.3. The Balaban J connectivity index is 3.49. The number of aliphatic hydroxyl groups is 1. The summed E-state index contributed by atoms with van der Waals surface area (Å²) in [7, 11) is 0. The first kappa shape index (κ1) is 70.3. The molecule has 0 aromatic heterocycles. The van der Waals surface area contributed by atoms with Gasteiger partial charge < -0.3 is 14.6 Å². The highest BCUT2D eigenvalue weighted by molar-refractivity contribution is 5.70. The molecule has 0 aliphatic rings. The Morgan fingerprint density at radius 3 is 0.811 bits per heavy atom. The molecule has 0 bridgehead atoms. The minimum absolute atomic E-state index is 0.0702. The second kappa shape index (κ2) is 63.6. The first-order valence-corrected chi connectivity index (χ1v) is 31.1. The topological polar surface area (TPSA) is 72.8 Å². The zero-order valence-electron chi connectivity index (χ0n) is 48.3. The maximum atomic E-state index is 12.3. The molecule has 0 aromatic rings. The molecule has 0 rings (SSSR count). The third-order valence-electron chi connectivity index (χ3n) is 13.3.